The van der Waals surface area contributed by atoms with E-state index in [1.165, 1.54) is 6.08 Å². The van der Waals surface area contributed by atoms with E-state index in [0.717, 1.165) is 5.56 Å². The van der Waals surface area contributed by atoms with E-state index in [-0.39, 0.29) is 22.8 Å². The van der Waals surface area contributed by atoms with E-state index < -0.39 is 5.60 Å². The maximum absolute atomic E-state index is 12.4. The number of aromatic hydroxyl groups is 2. The van der Waals surface area contributed by atoms with Crippen molar-refractivity contribution in [3.63, 3.8) is 0 Å². The van der Waals surface area contributed by atoms with Crippen LogP contribution in [0, 0.1) is 0 Å². The van der Waals surface area contributed by atoms with Crippen LogP contribution in [0.5, 0.6) is 17.2 Å². The highest BCUT2D eigenvalue weighted by Gasteiger charge is 2.25. The first kappa shape index (κ1) is 15.9. The number of phenolic OH excluding ortho intramolecular Hbond substituents is 2. The summed E-state index contributed by atoms with van der Waals surface area (Å²) in [5.74, 6) is 0.334. The third-order valence-corrected chi connectivity index (χ3v) is 3.79. The fourth-order valence-electron chi connectivity index (χ4n) is 2.49. The van der Waals surface area contributed by atoms with Crippen molar-refractivity contribution in [1.82, 2.24) is 0 Å². The number of hydrogen-bond donors (Lipinski definition) is 2. The number of phenols is 2. The zero-order chi connectivity index (χ0) is 17.3. The minimum Gasteiger partial charge on any atom is -0.508 e. The molecule has 24 heavy (non-hydrogen) atoms. The van der Waals surface area contributed by atoms with Crippen LogP contribution in [-0.2, 0) is 0 Å². The summed E-state index contributed by atoms with van der Waals surface area (Å²) in [6.45, 7) is 3.84. The second-order valence-corrected chi connectivity index (χ2v) is 6.20. The second-order valence-electron chi connectivity index (χ2n) is 6.20. The molecule has 1 aliphatic heterocycles. The van der Waals surface area contributed by atoms with Crippen LogP contribution in [0.4, 0.5) is 0 Å². The van der Waals surface area contributed by atoms with Crippen molar-refractivity contribution in [2.75, 3.05) is 0 Å². The first-order chi connectivity index (χ1) is 11.4. The van der Waals surface area contributed by atoms with Crippen molar-refractivity contribution in [3.05, 3.63) is 65.2 Å². The molecule has 0 radical (unpaired) electrons. The summed E-state index contributed by atoms with van der Waals surface area (Å²) in [4.78, 5) is 12.4. The molecule has 0 unspecified atom stereocenters. The van der Waals surface area contributed by atoms with Gasteiger partial charge in [-0.05, 0) is 61.9 Å². The van der Waals surface area contributed by atoms with E-state index in [1.54, 1.807) is 48.6 Å². The van der Waals surface area contributed by atoms with Crippen LogP contribution in [0.1, 0.15) is 35.3 Å². The fourth-order valence-corrected chi connectivity index (χ4v) is 2.49. The molecule has 0 atom stereocenters. The Labute approximate surface area is 140 Å². The Hall–Kier alpha value is -3.01. The molecule has 0 aliphatic carbocycles. The largest absolute Gasteiger partial charge is 0.508 e. The summed E-state index contributed by atoms with van der Waals surface area (Å²) in [6.07, 6.45) is 6.64. The Bertz CT molecular complexity index is 843. The zero-order valence-corrected chi connectivity index (χ0v) is 13.5. The minimum absolute atomic E-state index is 0.0837. The molecule has 0 fully saturated rings. The Kier molecular flexibility index (Phi) is 3.89. The van der Waals surface area contributed by atoms with Crippen LogP contribution >= 0.6 is 0 Å². The van der Waals surface area contributed by atoms with Crippen LogP contribution in [0.25, 0.3) is 12.2 Å². The van der Waals surface area contributed by atoms with Gasteiger partial charge < -0.3 is 14.9 Å². The van der Waals surface area contributed by atoms with Gasteiger partial charge in [-0.1, -0.05) is 18.2 Å². The number of rotatable bonds is 3. The van der Waals surface area contributed by atoms with Crippen molar-refractivity contribution in [2.45, 2.75) is 19.4 Å². The third kappa shape index (κ3) is 3.18. The maximum atomic E-state index is 12.4. The normalized spacial score (nSPS) is 15.1. The topological polar surface area (TPSA) is 66.8 Å². The molecular formula is C20H18O4. The van der Waals surface area contributed by atoms with Crippen molar-refractivity contribution < 1.29 is 19.7 Å². The molecular weight excluding hydrogens is 304 g/mol. The lowest BCUT2D eigenvalue weighted by molar-refractivity contribution is 0.104. The van der Waals surface area contributed by atoms with E-state index in [2.05, 4.69) is 0 Å². The van der Waals surface area contributed by atoms with Crippen LogP contribution < -0.4 is 4.74 Å². The lowest BCUT2D eigenvalue weighted by Crippen LogP contribution is -2.27. The van der Waals surface area contributed by atoms with Gasteiger partial charge in [0.1, 0.15) is 22.8 Å². The van der Waals surface area contributed by atoms with Gasteiger partial charge >= 0.3 is 0 Å². The Morgan fingerprint density at radius 2 is 1.79 bits per heavy atom. The van der Waals surface area contributed by atoms with Crippen LogP contribution in [0.15, 0.2) is 48.6 Å². The van der Waals surface area contributed by atoms with E-state index in [1.807, 2.05) is 19.9 Å². The number of ether oxygens (including phenoxy) is 1. The predicted molar refractivity (Wildman–Crippen MR) is 93.3 cm³/mol. The second kappa shape index (κ2) is 5.89. The molecule has 4 heteroatoms. The molecule has 0 saturated carbocycles. The van der Waals surface area contributed by atoms with E-state index in [0.29, 0.717) is 11.3 Å². The first-order valence-corrected chi connectivity index (χ1v) is 7.61. The van der Waals surface area contributed by atoms with E-state index >= 15 is 0 Å². The van der Waals surface area contributed by atoms with Gasteiger partial charge in [-0.25, -0.2) is 0 Å². The fraction of sp³-hybridized carbons (Fsp3) is 0.150. The van der Waals surface area contributed by atoms with Crippen molar-refractivity contribution in [1.29, 1.82) is 0 Å². The quantitative estimate of drug-likeness (QED) is 0.657. The van der Waals surface area contributed by atoms with Gasteiger partial charge in [0.25, 0.3) is 0 Å². The predicted octanol–water partition coefficient (Wildman–Crippen LogP) is 4.18. The van der Waals surface area contributed by atoms with Gasteiger partial charge in [0.15, 0.2) is 5.78 Å². The standard InChI is InChI=1S/C20H18O4/c1-20(2)12-11-16-18(24-20)10-8-15(19(16)23)17(22)9-5-13-3-6-14(21)7-4-13/h3-12,21,23H,1-2H3. The molecule has 0 saturated heterocycles. The summed E-state index contributed by atoms with van der Waals surface area (Å²) < 4.78 is 5.78. The molecule has 4 nitrogen and oxygen atoms in total. The van der Waals surface area contributed by atoms with Crippen molar-refractivity contribution in [3.8, 4) is 17.2 Å². The molecule has 1 aliphatic rings. The highest BCUT2D eigenvalue weighted by atomic mass is 16.5. The average Bonchev–Trinajstić information content (AvgIpc) is 2.53. The van der Waals surface area contributed by atoms with Crippen LogP contribution in [0.2, 0.25) is 0 Å². The molecule has 3 rings (SSSR count). The molecule has 122 valence electrons. The van der Waals surface area contributed by atoms with Gasteiger partial charge in [-0.3, -0.25) is 4.79 Å². The lowest BCUT2D eigenvalue weighted by atomic mass is 9.98. The van der Waals surface area contributed by atoms with Gasteiger partial charge in [-0.2, -0.15) is 0 Å². The monoisotopic (exact) mass is 322 g/mol. The number of hydrogen-bond acceptors (Lipinski definition) is 4. The molecule has 0 bridgehead atoms. The number of fused-ring (bicyclic) bond motifs is 1. The van der Waals surface area contributed by atoms with E-state index in [9.17, 15) is 15.0 Å². The van der Waals surface area contributed by atoms with Crippen LogP contribution in [0.3, 0.4) is 0 Å². The molecule has 0 amide bonds. The molecule has 2 aromatic rings. The average molecular weight is 322 g/mol. The molecule has 0 aromatic heterocycles. The highest BCUT2D eigenvalue weighted by molar-refractivity contribution is 6.09. The smallest absolute Gasteiger partial charge is 0.189 e. The number of ketones is 1. The van der Waals surface area contributed by atoms with Gasteiger partial charge in [-0.15, -0.1) is 0 Å². The molecule has 2 N–H and O–H groups in total. The summed E-state index contributed by atoms with van der Waals surface area (Å²) in [7, 11) is 0. The highest BCUT2D eigenvalue weighted by Crippen LogP contribution is 2.38. The Morgan fingerprint density at radius 3 is 2.50 bits per heavy atom. The van der Waals surface area contributed by atoms with E-state index in [4.69, 9.17) is 4.74 Å². The summed E-state index contributed by atoms with van der Waals surface area (Å²) in [5, 5.41) is 19.6. The summed E-state index contributed by atoms with van der Waals surface area (Å²) >= 11 is 0. The number of carbonyl (C=O) groups excluding carboxylic acids is 1. The van der Waals surface area contributed by atoms with Crippen molar-refractivity contribution in [2.24, 2.45) is 0 Å². The number of carbonyl (C=O) groups is 1. The van der Waals surface area contributed by atoms with Gasteiger partial charge in [0.05, 0.1) is 11.1 Å². The Balaban J connectivity index is 1.87. The summed E-state index contributed by atoms with van der Waals surface area (Å²) in [6, 6.07) is 9.75. The lowest BCUT2D eigenvalue weighted by Gasteiger charge is -2.28. The maximum Gasteiger partial charge on any atom is 0.189 e. The zero-order valence-electron chi connectivity index (χ0n) is 13.5. The van der Waals surface area contributed by atoms with Crippen LogP contribution in [-0.4, -0.2) is 21.6 Å². The minimum atomic E-state index is -0.441. The first-order valence-electron chi connectivity index (χ1n) is 7.61. The summed E-state index contributed by atoms with van der Waals surface area (Å²) in [5.41, 5.74) is 1.07. The van der Waals surface area contributed by atoms with Gasteiger partial charge in [0.2, 0.25) is 0 Å². The number of benzene rings is 2. The van der Waals surface area contributed by atoms with Gasteiger partial charge in [0, 0.05) is 0 Å². The molecule has 1 heterocycles. The molecule has 0 spiro atoms. The third-order valence-electron chi connectivity index (χ3n) is 3.79. The Morgan fingerprint density at radius 1 is 1.08 bits per heavy atom. The van der Waals surface area contributed by atoms with Crippen molar-refractivity contribution >= 4 is 17.9 Å². The SMILES string of the molecule is CC1(C)C=Cc2c(ccc(C(=O)C=Cc3ccc(O)cc3)c2O)O1. The number of allylic oxidation sites excluding steroid dienone is 1. The molecule has 2 aromatic carbocycles.